The van der Waals surface area contributed by atoms with Gasteiger partial charge in [-0.1, -0.05) is 30.3 Å². The van der Waals surface area contributed by atoms with E-state index in [-0.39, 0.29) is 24.7 Å². The lowest BCUT2D eigenvalue weighted by atomic mass is 10.1. The van der Waals surface area contributed by atoms with Gasteiger partial charge in [0.25, 0.3) is 5.91 Å². The Hall–Kier alpha value is -3.98. The number of amidine groups is 1. The van der Waals surface area contributed by atoms with Gasteiger partial charge in [0.05, 0.1) is 12.2 Å². The Morgan fingerprint density at radius 1 is 1.03 bits per heavy atom. The van der Waals surface area contributed by atoms with Gasteiger partial charge >= 0.3 is 0 Å². The number of benzene rings is 3. The van der Waals surface area contributed by atoms with Crippen LogP contribution in [0.5, 0.6) is 17.2 Å². The van der Waals surface area contributed by atoms with Crippen LogP contribution in [-0.4, -0.2) is 25.0 Å². The second-order valence-corrected chi connectivity index (χ2v) is 7.45. The SMILES string of the molecule is CCOc1cccc(Oc2ccc(F)c([C@H](OCC)C(=O)NCc3ccc(C(=N)N)cc3)c2F)c1. The molecule has 0 saturated carbocycles. The van der Waals surface area contributed by atoms with E-state index in [1.54, 1.807) is 55.5 Å². The van der Waals surface area contributed by atoms with Crippen molar-refractivity contribution in [2.45, 2.75) is 26.5 Å². The van der Waals surface area contributed by atoms with Gasteiger partial charge in [0.1, 0.15) is 23.2 Å². The van der Waals surface area contributed by atoms with Crippen molar-refractivity contribution in [2.75, 3.05) is 13.2 Å². The first-order valence-corrected chi connectivity index (χ1v) is 11.0. The minimum Gasteiger partial charge on any atom is -0.494 e. The van der Waals surface area contributed by atoms with E-state index in [1.807, 2.05) is 6.92 Å². The van der Waals surface area contributed by atoms with Gasteiger partial charge in [-0.05, 0) is 43.7 Å². The summed E-state index contributed by atoms with van der Waals surface area (Å²) >= 11 is 0. The monoisotopic (exact) mass is 483 g/mol. The molecule has 0 bridgehead atoms. The molecule has 0 aliphatic rings. The van der Waals surface area contributed by atoms with Gasteiger partial charge in [-0.3, -0.25) is 10.2 Å². The normalized spacial score (nSPS) is 11.5. The van der Waals surface area contributed by atoms with Crippen molar-refractivity contribution in [1.82, 2.24) is 5.32 Å². The first-order chi connectivity index (χ1) is 16.8. The molecule has 0 heterocycles. The van der Waals surface area contributed by atoms with Crippen molar-refractivity contribution >= 4 is 11.7 Å². The van der Waals surface area contributed by atoms with Crippen LogP contribution in [-0.2, 0) is 16.1 Å². The molecule has 0 spiro atoms. The van der Waals surface area contributed by atoms with Gasteiger partial charge in [0.2, 0.25) is 0 Å². The molecule has 35 heavy (non-hydrogen) atoms. The molecular weight excluding hydrogens is 456 g/mol. The summed E-state index contributed by atoms with van der Waals surface area (Å²) in [5, 5.41) is 10.1. The van der Waals surface area contributed by atoms with Crippen molar-refractivity contribution in [1.29, 1.82) is 5.41 Å². The molecule has 0 saturated heterocycles. The smallest absolute Gasteiger partial charge is 0.254 e. The quantitative estimate of drug-likeness (QED) is 0.267. The molecule has 184 valence electrons. The van der Waals surface area contributed by atoms with Crippen molar-refractivity contribution in [3.05, 3.63) is 89.0 Å². The van der Waals surface area contributed by atoms with Crippen molar-refractivity contribution in [2.24, 2.45) is 5.73 Å². The standard InChI is InChI=1S/C26H27F2N3O4/c1-3-33-18-6-5-7-19(14-18)35-21-13-12-20(27)22(23(21)28)24(34-4-2)26(32)31-15-16-8-10-17(11-9-16)25(29)30/h5-14,24H,3-4,15H2,1-2H3,(H3,29,30)(H,31,32)/t24-/m0/s1. The topological polar surface area (TPSA) is 107 Å². The van der Waals surface area contributed by atoms with Gasteiger partial charge in [0, 0.05) is 24.8 Å². The first kappa shape index (κ1) is 25.6. The molecule has 9 heteroatoms. The van der Waals surface area contributed by atoms with Gasteiger partial charge in [0.15, 0.2) is 17.7 Å². The summed E-state index contributed by atoms with van der Waals surface area (Å²) in [7, 11) is 0. The summed E-state index contributed by atoms with van der Waals surface area (Å²) in [5.41, 5.74) is 6.15. The molecule has 0 aliphatic carbocycles. The van der Waals surface area contributed by atoms with E-state index in [4.69, 9.17) is 25.4 Å². The molecule has 0 aliphatic heterocycles. The second kappa shape index (κ2) is 11.9. The Labute approximate surface area is 202 Å². The number of nitrogens with two attached hydrogens (primary N) is 1. The maximum atomic E-state index is 15.4. The average molecular weight is 484 g/mol. The Kier molecular flexibility index (Phi) is 8.74. The molecule has 0 aromatic heterocycles. The highest BCUT2D eigenvalue weighted by molar-refractivity contribution is 5.94. The number of nitrogen functional groups attached to an aromatic ring is 1. The summed E-state index contributed by atoms with van der Waals surface area (Å²) in [6, 6.07) is 15.4. The van der Waals surface area contributed by atoms with Crippen LogP contribution in [0.15, 0.2) is 60.7 Å². The highest BCUT2D eigenvalue weighted by Gasteiger charge is 2.30. The number of hydrogen-bond donors (Lipinski definition) is 3. The molecule has 0 fully saturated rings. The van der Waals surface area contributed by atoms with E-state index < -0.39 is 29.2 Å². The fourth-order valence-corrected chi connectivity index (χ4v) is 3.33. The minimum absolute atomic E-state index is 0.0474. The van der Waals surface area contributed by atoms with Crippen LogP contribution in [0.1, 0.15) is 36.6 Å². The molecule has 1 atom stereocenters. The Bertz CT molecular complexity index is 1190. The van der Waals surface area contributed by atoms with E-state index in [0.29, 0.717) is 29.2 Å². The van der Waals surface area contributed by atoms with Gasteiger partial charge in [-0.25, -0.2) is 8.78 Å². The Balaban J connectivity index is 1.82. The Morgan fingerprint density at radius 3 is 2.40 bits per heavy atom. The van der Waals surface area contributed by atoms with E-state index in [0.717, 1.165) is 12.1 Å². The molecule has 1 amide bonds. The average Bonchev–Trinajstić information content (AvgIpc) is 2.84. The fraction of sp³-hybridized carbons (Fsp3) is 0.231. The summed E-state index contributed by atoms with van der Waals surface area (Å²) in [5.74, 6) is -2.18. The van der Waals surface area contributed by atoms with Crippen LogP contribution in [0, 0.1) is 17.0 Å². The fourth-order valence-electron chi connectivity index (χ4n) is 3.33. The lowest BCUT2D eigenvalue weighted by Gasteiger charge is -2.20. The van der Waals surface area contributed by atoms with Gasteiger partial charge in [-0.15, -0.1) is 0 Å². The van der Waals surface area contributed by atoms with Crippen LogP contribution in [0.4, 0.5) is 8.78 Å². The highest BCUT2D eigenvalue weighted by Crippen LogP contribution is 2.34. The number of nitrogens with one attached hydrogen (secondary N) is 2. The number of halogens is 2. The van der Waals surface area contributed by atoms with Gasteiger partial charge in [-0.2, -0.15) is 0 Å². The van der Waals surface area contributed by atoms with Crippen LogP contribution in [0.25, 0.3) is 0 Å². The molecule has 4 N–H and O–H groups in total. The summed E-state index contributed by atoms with van der Waals surface area (Å²) < 4.78 is 46.6. The number of ether oxygens (including phenoxy) is 3. The van der Waals surface area contributed by atoms with E-state index in [1.165, 1.54) is 0 Å². The largest absolute Gasteiger partial charge is 0.494 e. The van der Waals surface area contributed by atoms with E-state index in [9.17, 15) is 9.18 Å². The highest BCUT2D eigenvalue weighted by atomic mass is 19.1. The number of rotatable bonds is 11. The third kappa shape index (κ3) is 6.54. The number of carbonyl (C=O) groups excluding carboxylic acids is 1. The zero-order chi connectivity index (χ0) is 25.4. The summed E-state index contributed by atoms with van der Waals surface area (Å²) in [6.07, 6.45) is -1.53. The van der Waals surface area contributed by atoms with Crippen LogP contribution in [0.2, 0.25) is 0 Å². The van der Waals surface area contributed by atoms with E-state index >= 15 is 4.39 Å². The molecule has 7 nitrogen and oxygen atoms in total. The van der Waals surface area contributed by atoms with E-state index in [2.05, 4.69) is 5.32 Å². The minimum atomic E-state index is -1.53. The molecule has 3 rings (SSSR count). The summed E-state index contributed by atoms with van der Waals surface area (Å²) in [6.45, 7) is 4.04. The lowest BCUT2D eigenvalue weighted by molar-refractivity contribution is -0.133. The zero-order valence-corrected chi connectivity index (χ0v) is 19.4. The van der Waals surface area contributed by atoms with Crippen molar-refractivity contribution in [3.63, 3.8) is 0 Å². The lowest BCUT2D eigenvalue weighted by Crippen LogP contribution is -2.31. The van der Waals surface area contributed by atoms with Crippen molar-refractivity contribution in [3.8, 4) is 17.2 Å². The maximum Gasteiger partial charge on any atom is 0.254 e. The first-order valence-electron chi connectivity index (χ1n) is 11.0. The third-order valence-electron chi connectivity index (χ3n) is 5.00. The molecule has 0 unspecified atom stereocenters. The predicted molar refractivity (Wildman–Crippen MR) is 128 cm³/mol. The van der Waals surface area contributed by atoms with Crippen LogP contribution in [0.3, 0.4) is 0 Å². The predicted octanol–water partition coefficient (Wildman–Crippen LogP) is 4.83. The van der Waals surface area contributed by atoms with Crippen LogP contribution < -0.4 is 20.5 Å². The number of carbonyl (C=O) groups is 1. The maximum absolute atomic E-state index is 15.4. The molecule has 3 aromatic carbocycles. The summed E-state index contributed by atoms with van der Waals surface area (Å²) in [4.78, 5) is 12.9. The Morgan fingerprint density at radius 2 is 1.74 bits per heavy atom. The number of hydrogen-bond acceptors (Lipinski definition) is 5. The second-order valence-electron chi connectivity index (χ2n) is 7.45. The zero-order valence-electron chi connectivity index (χ0n) is 19.4. The molecule has 0 radical (unpaired) electrons. The van der Waals surface area contributed by atoms with Crippen molar-refractivity contribution < 1.29 is 27.8 Å². The third-order valence-corrected chi connectivity index (χ3v) is 5.00. The van der Waals surface area contributed by atoms with Gasteiger partial charge < -0.3 is 25.3 Å². The van der Waals surface area contributed by atoms with Crippen LogP contribution >= 0.6 is 0 Å². The number of amides is 1. The molecular formula is C26H27F2N3O4. The molecule has 3 aromatic rings.